The minimum Gasteiger partial charge on any atom is -0.378 e. The van der Waals surface area contributed by atoms with E-state index in [2.05, 4.69) is 19.2 Å². The van der Waals surface area contributed by atoms with Crippen LogP contribution in [0.15, 0.2) is 0 Å². The predicted molar refractivity (Wildman–Crippen MR) is 66.5 cm³/mol. The molecule has 0 radical (unpaired) electrons. The standard InChI is InChI=1S/C13H24N2O2/c1-9(2)11-10(4-3-7-17-11)8-15-12(16)13(14)5-6-13/h9-11H,3-8,14H2,1-2H3,(H,15,16). The number of ether oxygens (including phenoxy) is 1. The summed E-state index contributed by atoms with van der Waals surface area (Å²) in [5, 5.41) is 3.00. The Hall–Kier alpha value is -0.610. The summed E-state index contributed by atoms with van der Waals surface area (Å²) < 4.78 is 5.80. The van der Waals surface area contributed by atoms with Gasteiger partial charge in [-0.1, -0.05) is 13.8 Å². The van der Waals surface area contributed by atoms with Crippen molar-refractivity contribution in [1.82, 2.24) is 5.32 Å². The molecule has 2 atom stereocenters. The fraction of sp³-hybridized carbons (Fsp3) is 0.923. The number of rotatable bonds is 4. The van der Waals surface area contributed by atoms with Crippen molar-refractivity contribution in [2.45, 2.75) is 51.2 Å². The maximum atomic E-state index is 11.8. The highest BCUT2D eigenvalue weighted by atomic mass is 16.5. The van der Waals surface area contributed by atoms with Gasteiger partial charge in [0.05, 0.1) is 11.6 Å². The first-order valence-corrected chi connectivity index (χ1v) is 6.72. The quantitative estimate of drug-likeness (QED) is 0.772. The summed E-state index contributed by atoms with van der Waals surface area (Å²) in [6.45, 7) is 5.92. The first-order chi connectivity index (χ1) is 8.03. The van der Waals surface area contributed by atoms with Gasteiger partial charge in [-0.15, -0.1) is 0 Å². The summed E-state index contributed by atoms with van der Waals surface area (Å²) in [6, 6.07) is 0. The Labute approximate surface area is 103 Å². The van der Waals surface area contributed by atoms with Gasteiger partial charge in [-0.3, -0.25) is 4.79 Å². The highest BCUT2D eigenvalue weighted by molar-refractivity contribution is 5.88. The van der Waals surface area contributed by atoms with Crippen LogP contribution in [0.5, 0.6) is 0 Å². The van der Waals surface area contributed by atoms with Gasteiger partial charge < -0.3 is 15.8 Å². The molecule has 0 aromatic carbocycles. The molecule has 1 saturated heterocycles. The molecule has 4 heteroatoms. The average molecular weight is 240 g/mol. The smallest absolute Gasteiger partial charge is 0.240 e. The number of nitrogens with two attached hydrogens (primary N) is 1. The van der Waals surface area contributed by atoms with Crippen molar-refractivity contribution in [3.05, 3.63) is 0 Å². The molecular formula is C13H24N2O2. The van der Waals surface area contributed by atoms with E-state index >= 15 is 0 Å². The molecule has 17 heavy (non-hydrogen) atoms. The van der Waals surface area contributed by atoms with E-state index in [0.29, 0.717) is 18.4 Å². The fourth-order valence-electron chi connectivity index (χ4n) is 2.58. The Morgan fingerprint density at radius 3 is 2.82 bits per heavy atom. The number of nitrogens with one attached hydrogen (secondary N) is 1. The number of carbonyl (C=O) groups excluding carboxylic acids is 1. The monoisotopic (exact) mass is 240 g/mol. The van der Waals surface area contributed by atoms with Crippen molar-refractivity contribution < 1.29 is 9.53 Å². The summed E-state index contributed by atoms with van der Waals surface area (Å²) in [7, 11) is 0. The van der Waals surface area contributed by atoms with Gasteiger partial charge in [0.1, 0.15) is 0 Å². The SMILES string of the molecule is CC(C)C1OCCCC1CNC(=O)C1(N)CC1. The van der Waals surface area contributed by atoms with Gasteiger partial charge in [0.2, 0.25) is 5.91 Å². The summed E-state index contributed by atoms with van der Waals surface area (Å²) in [4.78, 5) is 11.8. The second-order valence-electron chi connectivity index (χ2n) is 5.85. The van der Waals surface area contributed by atoms with Crippen molar-refractivity contribution >= 4 is 5.91 Å². The van der Waals surface area contributed by atoms with Gasteiger partial charge in [-0.25, -0.2) is 0 Å². The van der Waals surface area contributed by atoms with Gasteiger partial charge in [-0.2, -0.15) is 0 Å². The molecule has 4 nitrogen and oxygen atoms in total. The van der Waals surface area contributed by atoms with E-state index in [1.54, 1.807) is 0 Å². The molecule has 2 fully saturated rings. The summed E-state index contributed by atoms with van der Waals surface area (Å²) >= 11 is 0. The summed E-state index contributed by atoms with van der Waals surface area (Å²) in [6.07, 6.45) is 4.16. The van der Waals surface area contributed by atoms with Crippen LogP contribution in [0.3, 0.4) is 0 Å². The molecule has 0 aromatic heterocycles. The predicted octanol–water partition coefficient (Wildman–Crippen LogP) is 1.05. The molecular weight excluding hydrogens is 216 g/mol. The largest absolute Gasteiger partial charge is 0.378 e. The molecule has 1 amide bonds. The number of amides is 1. The maximum absolute atomic E-state index is 11.8. The van der Waals surface area contributed by atoms with Crippen molar-refractivity contribution in [2.24, 2.45) is 17.6 Å². The molecule has 98 valence electrons. The maximum Gasteiger partial charge on any atom is 0.240 e. The zero-order valence-corrected chi connectivity index (χ0v) is 10.9. The fourth-order valence-corrected chi connectivity index (χ4v) is 2.58. The van der Waals surface area contributed by atoms with Crippen LogP contribution in [0.25, 0.3) is 0 Å². The van der Waals surface area contributed by atoms with E-state index in [-0.39, 0.29) is 12.0 Å². The van der Waals surface area contributed by atoms with Crippen LogP contribution in [0.1, 0.15) is 39.5 Å². The van der Waals surface area contributed by atoms with Crippen molar-refractivity contribution in [2.75, 3.05) is 13.2 Å². The van der Waals surface area contributed by atoms with Crippen LogP contribution in [0, 0.1) is 11.8 Å². The Bertz CT molecular complexity index is 287. The van der Waals surface area contributed by atoms with Gasteiger partial charge >= 0.3 is 0 Å². The van der Waals surface area contributed by atoms with E-state index < -0.39 is 5.54 Å². The lowest BCUT2D eigenvalue weighted by Crippen LogP contribution is -2.47. The van der Waals surface area contributed by atoms with Crippen molar-refractivity contribution in [1.29, 1.82) is 0 Å². The third kappa shape index (κ3) is 2.99. The molecule has 1 aliphatic carbocycles. The number of hydrogen-bond donors (Lipinski definition) is 2. The van der Waals surface area contributed by atoms with Gasteiger partial charge in [0.25, 0.3) is 0 Å². The lowest BCUT2D eigenvalue weighted by molar-refractivity contribution is -0.124. The highest BCUT2D eigenvalue weighted by Gasteiger charge is 2.46. The third-order valence-electron chi connectivity index (χ3n) is 3.92. The van der Waals surface area contributed by atoms with E-state index in [1.165, 1.54) is 0 Å². The zero-order valence-electron chi connectivity index (χ0n) is 10.9. The highest BCUT2D eigenvalue weighted by Crippen LogP contribution is 2.32. The van der Waals surface area contributed by atoms with Crippen LogP contribution in [0.4, 0.5) is 0 Å². The lowest BCUT2D eigenvalue weighted by Gasteiger charge is -2.34. The molecule has 1 saturated carbocycles. The van der Waals surface area contributed by atoms with Gasteiger partial charge in [-0.05, 0) is 31.6 Å². The topological polar surface area (TPSA) is 64.3 Å². The Balaban J connectivity index is 1.82. The van der Waals surface area contributed by atoms with E-state index in [4.69, 9.17) is 10.5 Å². The second kappa shape index (κ2) is 4.94. The molecule has 0 aromatic rings. The van der Waals surface area contributed by atoms with Crippen LogP contribution < -0.4 is 11.1 Å². The summed E-state index contributed by atoms with van der Waals surface area (Å²) in [5.74, 6) is 0.964. The van der Waals surface area contributed by atoms with Gasteiger partial charge in [0.15, 0.2) is 0 Å². The Kier molecular flexibility index (Phi) is 3.73. The molecule has 1 aliphatic heterocycles. The Morgan fingerprint density at radius 2 is 2.24 bits per heavy atom. The first kappa shape index (κ1) is 12.8. The molecule has 3 N–H and O–H groups in total. The van der Waals surface area contributed by atoms with Crippen LogP contribution in [-0.2, 0) is 9.53 Å². The molecule has 0 spiro atoms. The van der Waals surface area contributed by atoms with E-state index in [0.717, 1.165) is 32.3 Å². The van der Waals surface area contributed by atoms with E-state index in [1.807, 2.05) is 0 Å². The molecule has 2 unspecified atom stereocenters. The van der Waals surface area contributed by atoms with Crippen molar-refractivity contribution in [3.8, 4) is 0 Å². The average Bonchev–Trinajstić information content (AvgIpc) is 3.06. The van der Waals surface area contributed by atoms with Crippen LogP contribution in [0.2, 0.25) is 0 Å². The second-order valence-corrected chi connectivity index (χ2v) is 5.85. The zero-order chi connectivity index (χ0) is 12.5. The third-order valence-corrected chi connectivity index (χ3v) is 3.92. The Morgan fingerprint density at radius 1 is 1.53 bits per heavy atom. The molecule has 2 rings (SSSR count). The molecule has 0 bridgehead atoms. The summed E-state index contributed by atoms with van der Waals surface area (Å²) in [5.41, 5.74) is 5.30. The first-order valence-electron chi connectivity index (χ1n) is 6.72. The normalized spacial score (nSPS) is 31.3. The number of carbonyl (C=O) groups is 1. The van der Waals surface area contributed by atoms with Gasteiger partial charge in [0, 0.05) is 19.1 Å². The molecule has 2 aliphatic rings. The lowest BCUT2D eigenvalue weighted by atomic mass is 9.87. The van der Waals surface area contributed by atoms with Crippen LogP contribution in [-0.4, -0.2) is 30.7 Å². The van der Waals surface area contributed by atoms with E-state index in [9.17, 15) is 4.79 Å². The minimum absolute atomic E-state index is 0.0191. The van der Waals surface area contributed by atoms with Crippen LogP contribution >= 0.6 is 0 Å². The molecule has 1 heterocycles. The number of hydrogen-bond acceptors (Lipinski definition) is 3. The van der Waals surface area contributed by atoms with Crippen molar-refractivity contribution in [3.63, 3.8) is 0 Å². The minimum atomic E-state index is -0.553.